The fourth-order valence-corrected chi connectivity index (χ4v) is 3.74. The second-order valence-electron chi connectivity index (χ2n) is 6.63. The van der Waals surface area contributed by atoms with Crippen molar-refractivity contribution in [1.82, 2.24) is 20.5 Å². The lowest BCUT2D eigenvalue weighted by atomic mass is 10.1. The van der Waals surface area contributed by atoms with Gasteiger partial charge in [-0.3, -0.25) is 9.89 Å². The van der Waals surface area contributed by atoms with E-state index in [1.54, 1.807) is 18.4 Å². The van der Waals surface area contributed by atoms with Crippen LogP contribution in [0.15, 0.2) is 29.3 Å². The number of guanidine groups is 1. The molecule has 2 aromatic rings. The normalized spacial score (nSPS) is 11.9. The molecule has 148 valence electrons. The first kappa shape index (κ1) is 21.4. The Hall–Kier alpha value is -1.92. The van der Waals surface area contributed by atoms with Gasteiger partial charge in [-0.15, -0.1) is 11.3 Å². The van der Waals surface area contributed by atoms with Crippen LogP contribution in [0, 0.1) is 13.8 Å². The van der Waals surface area contributed by atoms with Crippen molar-refractivity contribution in [3.8, 4) is 0 Å². The Bertz CT molecular complexity index is 697. The standard InChI is InChI=1S/C21H33N5S/c1-6-26(7-2)15-19-10-8-18(9-11-19)14-24-21(22-5)23-13-12-20-25-16(3)17(4)27-20/h8-11H,6-7,12-15H2,1-5H3,(H2,22,23,24). The van der Waals surface area contributed by atoms with Crippen LogP contribution in [0.25, 0.3) is 0 Å². The Morgan fingerprint density at radius 3 is 2.30 bits per heavy atom. The Morgan fingerprint density at radius 2 is 1.74 bits per heavy atom. The predicted octanol–water partition coefficient (Wildman–Crippen LogP) is 3.51. The molecule has 1 aromatic heterocycles. The summed E-state index contributed by atoms with van der Waals surface area (Å²) in [5.74, 6) is 0.826. The molecule has 0 bridgehead atoms. The van der Waals surface area contributed by atoms with Gasteiger partial charge in [0.25, 0.3) is 0 Å². The Morgan fingerprint density at radius 1 is 1.07 bits per heavy atom. The third-order valence-electron chi connectivity index (χ3n) is 4.71. The summed E-state index contributed by atoms with van der Waals surface area (Å²) >= 11 is 1.78. The minimum absolute atomic E-state index is 0.765. The van der Waals surface area contributed by atoms with Crippen molar-refractivity contribution in [2.75, 3.05) is 26.7 Å². The van der Waals surface area contributed by atoms with Crippen molar-refractivity contribution in [3.63, 3.8) is 0 Å². The monoisotopic (exact) mass is 387 g/mol. The molecule has 1 aromatic carbocycles. The largest absolute Gasteiger partial charge is 0.356 e. The molecule has 0 saturated heterocycles. The Balaban J connectivity index is 1.76. The van der Waals surface area contributed by atoms with Crippen molar-refractivity contribution >= 4 is 17.3 Å². The number of thiazole rings is 1. The van der Waals surface area contributed by atoms with E-state index in [1.165, 1.54) is 21.0 Å². The topological polar surface area (TPSA) is 52.5 Å². The van der Waals surface area contributed by atoms with E-state index in [1.807, 2.05) is 0 Å². The predicted molar refractivity (Wildman–Crippen MR) is 117 cm³/mol. The van der Waals surface area contributed by atoms with E-state index in [0.717, 1.165) is 50.8 Å². The molecule has 0 atom stereocenters. The molecular weight excluding hydrogens is 354 g/mol. The summed E-state index contributed by atoms with van der Waals surface area (Å²) in [6.07, 6.45) is 0.917. The van der Waals surface area contributed by atoms with E-state index in [9.17, 15) is 0 Å². The van der Waals surface area contributed by atoms with Crippen LogP contribution in [0.1, 0.15) is 40.6 Å². The van der Waals surface area contributed by atoms with Gasteiger partial charge in [-0.2, -0.15) is 0 Å². The summed E-state index contributed by atoms with van der Waals surface area (Å²) in [6, 6.07) is 8.83. The highest BCUT2D eigenvalue weighted by Crippen LogP contribution is 2.16. The Labute approximate surface area is 167 Å². The van der Waals surface area contributed by atoms with E-state index in [2.05, 4.69) is 77.5 Å². The van der Waals surface area contributed by atoms with E-state index in [0.29, 0.717) is 0 Å². The number of aryl methyl sites for hydroxylation is 2. The number of hydrogen-bond acceptors (Lipinski definition) is 4. The zero-order chi connectivity index (χ0) is 19.6. The van der Waals surface area contributed by atoms with E-state index >= 15 is 0 Å². The number of nitrogens with one attached hydrogen (secondary N) is 2. The zero-order valence-electron chi connectivity index (χ0n) is 17.3. The van der Waals surface area contributed by atoms with Gasteiger partial charge in [0.2, 0.25) is 0 Å². The smallest absolute Gasteiger partial charge is 0.191 e. The summed E-state index contributed by atoms with van der Waals surface area (Å²) in [5.41, 5.74) is 3.76. The Kier molecular flexibility index (Phi) is 8.75. The quantitative estimate of drug-likeness (QED) is 0.511. The van der Waals surface area contributed by atoms with Crippen LogP contribution in [0.2, 0.25) is 0 Å². The third-order valence-corrected chi connectivity index (χ3v) is 5.84. The molecule has 0 amide bonds. The molecule has 0 fully saturated rings. The van der Waals surface area contributed by atoms with Gasteiger partial charge < -0.3 is 10.6 Å². The number of rotatable bonds is 9. The van der Waals surface area contributed by atoms with Crippen molar-refractivity contribution in [3.05, 3.63) is 51.0 Å². The van der Waals surface area contributed by atoms with Gasteiger partial charge in [0, 0.05) is 38.0 Å². The molecule has 27 heavy (non-hydrogen) atoms. The second-order valence-corrected chi connectivity index (χ2v) is 7.92. The lowest BCUT2D eigenvalue weighted by molar-refractivity contribution is 0.296. The van der Waals surface area contributed by atoms with Gasteiger partial charge >= 0.3 is 0 Å². The highest BCUT2D eigenvalue weighted by molar-refractivity contribution is 7.11. The average molecular weight is 388 g/mol. The lowest BCUT2D eigenvalue weighted by Crippen LogP contribution is -2.37. The number of benzene rings is 1. The van der Waals surface area contributed by atoms with Crippen molar-refractivity contribution < 1.29 is 0 Å². The van der Waals surface area contributed by atoms with Crippen LogP contribution in [0.3, 0.4) is 0 Å². The molecule has 2 rings (SSSR count). The molecule has 0 aliphatic heterocycles. The van der Waals surface area contributed by atoms with Gasteiger partial charge in [0.15, 0.2) is 5.96 Å². The maximum atomic E-state index is 4.58. The maximum absolute atomic E-state index is 4.58. The first-order valence-electron chi connectivity index (χ1n) is 9.73. The summed E-state index contributed by atoms with van der Waals surface area (Å²) in [6.45, 7) is 13.4. The average Bonchev–Trinajstić information content (AvgIpc) is 3.01. The molecule has 2 N–H and O–H groups in total. The summed E-state index contributed by atoms with van der Waals surface area (Å²) in [4.78, 5) is 12.6. The van der Waals surface area contributed by atoms with E-state index in [-0.39, 0.29) is 0 Å². The van der Waals surface area contributed by atoms with Crippen molar-refractivity contribution in [2.24, 2.45) is 4.99 Å². The lowest BCUT2D eigenvalue weighted by Gasteiger charge is -2.18. The zero-order valence-corrected chi connectivity index (χ0v) is 18.1. The summed E-state index contributed by atoms with van der Waals surface area (Å²) in [5, 5.41) is 7.93. The van der Waals surface area contributed by atoms with Gasteiger partial charge in [0.05, 0.1) is 10.7 Å². The minimum atomic E-state index is 0.765. The van der Waals surface area contributed by atoms with Crippen LogP contribution >= 0.6 is 11.3 Å². The van der Waals surface area contributed by atoms with E-state index < -0.39 is 0 Å². The number of aliphatic imine (C=N–C) groups is 1. The van der Waals surface area contributed by atoms with Gasteiger partial charge in [-0.25, -0.2) is 4.98 Å². The fourth-order valence-electron chi connectivity index (χ4n) is 2.81. The van der Waals surface area contributed by atoms with Crippen molar-refractivity contribution in [2.45, 2.75) is 47.2 Å². The van der Waals surface area contributed by atoms with Gasteiger partial charge in [0.1, 0.15) is 0 Å². The third kappa shape index (κ3) is 6.96. The molecular formula is C21H33N5S. The van der Waals surface area contributed by atoms with Crippen LogP contribution in [0.4, 0.5) is 0 Å². The highest BCUT2D eigenvalue weighted by atomic mass is 32.1. The maximum Gasteiger partial charge on any atom is 0.191 e. The van der Waals surface area contributed by atoms with Crippen LogP contribution < -0.4 is 10.6 Å². The molecule has 0 unspecified atom stereocenters. The molecule has 0 saturated carbocycles. The number of hydrogen-bond donors (Lipinski definition) is 2. The summed E-state index contributed by atoms with van der Waals surface area (Å²) < 4.78 is 0. The molecule has 1 heterocycles. The molecule has 0 aliphatic carbocycles. The second kappa shape index (κ2) is 11.0. The molecule has 0 radical (unpaired) electrons. The van der Waals surface area contributed by atoms with Gasteiger partial charge in [-0.05, 0) is 38.1 Å². The number of nitrogens with zero attached hydrogens (tertiary/aromatic N) is 3. The molecule has 0 aliphatic rings. The van der Waals surface area contributed by atoms with Crippen LogP contribution in [-0.2, 0) is 19.5 Å². The van der Waals surface area contributed by atoms with E-state index in [4.69, 9.17) is 0 Å². The SMILES string of the molecule is CCN(CC)Cc1ccc(CNC(=NC)NCCc2nc(C)c(C)s2)cc1. The molecule has 5 nitrogen and oxygen atoms in total. The number of aromatic nitrogens is 1. The van der Waals surface area contributed by atoms with Crippen molar-refractivity contribution in [1.29, 1.82) is 0 Å². The minimum Gasteiger partial charge on any atom is -0.356 e. The summed E-state index contributed by atoms with van der Waals surface area (Å²) in [7, 11) is 1.81. The van der Waals surface area contributed by atoms with Crippen LogP contribution in [-0.4, -0.2) is 42.5 Å². The fraction of sp³-hybridized carbons (Fsp3) is 0.524. The first-order chi connectivity index (χ1) is 13.0. The first-order valence-corrected chi connectivity index (χ1v) is 10.5. The molecule has 0 spiro atoms. The highest BCUT2D eigenvalue weighted by Gasteiger charge is 2.05. The van der Waals surface area contributed by atoms with Gasteiger partial charge in [-0.1, -0.05) is 38.1 Å². The molecule has 6 heteroatoms. The van der Waals surface area contributed by atoms with Crippen LogP contribution in [0.5, 0.6) is 0 Å².